The van der Waals surface area contributed by atoms with Gasteiger partial charge in [0.2, 0.25) is 0 Å². The molecule has 0 aliphatic rings. The highest BCUT2D eigenvalue weighted by Crippen LogP contribution is 2.10. The van der Waals surface area contributed by atoms with Crippen LogP contribution in [0.3, 0.4) is 0 Å². The van der Waals surface area contributed by atoms with Crippen LogP contribution in [-0.2, 0) is 11.3 Å². The SMILES string of the molecule is CCCNc1cc(CN(C)C(C)COC)ccn1. The van der Waals surface area contributed by atoms with Gasteiger partial charge >= 0.3 is 0 Å². The smallest absolute Gasteiger partial charge is 0.126 e. The Labute approximate surface area is 110 Å². The lowest BCUT2D eigenvalue weighted by Crippen LogP contribution is -2.32. The van der Waals surface area contributed by atoms with Crippen LogP contribution in [0.5, 0.6) is 0 Å². The second-order valence-electron chi connectivity index (χ2n) is 4.70. The summed E-state index contributed by atoms with van der Waals surface area (Å²) in [4.78, 5) is 6.59. The van der Waals surface area contributed by atoms with Gasteiger partial charge < -0.3 is 10.1 Å². The molecule has 0 fully saturated rings. The van der Waals surface area contributed by atoms with Crippen molar-refractivity contribution in [3.8, 4) is 0 Å². The fourth-order valence-electron chi connectivity index (χ4n) is 1.73. The first-order chi connectivity index (χ1) is 8.67. The predicted octanol–water partition coefficient (Wildman–Crippen LogP) is 2.37. The molecule has 1 atom stereocenters. The van der Waals surface area contributed by atoms with E-state index in [0.717, 1.165) is 31.9 Å². The first kappa shape index (κ1) is 14.9. The second-order valence-corrected chi connectivity index (χ2v) is 4.70. The molecule has 4 nitrogen and oxygen atoms in total. The number of methoxy groups -OCH3 is 1. The summed E-state index contributed by atoms with van der Waals surface area (Å²) in [6, 6.07) is 4.59. The third-order valence-corrected chi connectivity index (χ3v) is 2.97. The molecule has 0 spiro atoms. The maximum Gasteiger partial charge on any atom is 0.126 e. The van der Waals surface area contributed by atoms with E-state index in [1.807, 2.05) is 6.20 Å². The number of nitrogens with one attached hydrogen (secondary N) is 1. The van der Waals surface area contributed by atoms with E-state index in [2.05, 4.69) is 48.2 Å². The first-order valence-corrected chi connectivity index (χ1v) is 6.55. The lowest BCUT2D eigenvalue weighted by Gasteiger charge is -2.24. The molecule has 1 N–H and O–H groups in total. The van der Waals surface area contributed by atoms with Crippen LogP contribution < -0.4 is 5.32 Å². The van der Waals surface area contributed by atoms with Gasteiger partial charge in [0, 0.05) is 32.4 Å². The van der Waals surface area contributed by atoms with Gasteiger partial charge in [0.25, 0.3) is 0 Å². The Morgan fingerprint density at radius 1 is 1.50 bits per heavy atom. The number of likely N-dealkylation sites (N-methyl/N-ethyl adjacent to an activating group) is 1. The monoisotopic (exact) mass is 251 g/mol. The third kappa shape index (κ3) is 5.02. The highest BCUT2D eigenvalue weighted by atomic mass is 16.5. The molecule has 1 aromatic rings. The average Bonchev–Trinajstić information content (AvgIpc) is 2.37. The van der Waals surface area contributed by atoms with Crippen molar-refractivity contribution in [2.75, 3.05) is 32.6 Å². The van der Waals surface area contributed by atoms with Crippen molar-refractivity contribution in [3.63, 3.8) is 0 Å². The van der Waals surface area contributed by atoms with Gasteiger partial charge in [0.05, 0.1) is 6.61 Å². The van der Waals surface area contributed by atoms with Crippen LogP contribution in [0, 0.1) is 0 Å². The molecule has 1 unspecified atom stereocenters. The molecule has 1 heterocycles. The molecule has 0 bridgehead atoms. The van der Waals surface area contributed by atoms with Crippen LogP contribution in [0.25, 0.3) is 0 Å². The van der Waals surface area contributed by atoms with Crippen LogP contribution >= 0.6 is 0 Å². The average molecular weight is 251 g/mol. The largest absolute Gasteiger partial charge is 0.383 e. The molecular formula is C14H25N3O. The number of pyridine rings is 1. The Bertz CT molecular complexity index is 344. The van der Waals surface area contributed by atoms with E-state index in [1.165, 1.54) is 5.56 Å². The van der Waals surface area contributed by atoms with Crippen molar-refractivity contribution in [3.05, 3.63) is 23.9 Å². The van der Waals surface area contributed by atoms with Crippen LogP contribution in [0.4, 0.5) is 5.82 Å². The van der Waals surface area contributed by atoms with Crippen LogP contribution in [-0.4, -0.2) is 43.2 Å². The molecule has 102 valence electrons. The fourth-order valence-corrected chi connectivity index (χ4v) is 1.73. The van der Waals surface area contributed by atoms with E-state index in [0.29, 0.717) is 6.04 Å². The molecule has 0 saturated heterocycles. The number of hydrogen-bond donors (Lipinski definition) is 1. The lowest BCUT2D eigenvalue weighted by atomic mass is 10.2. The van der Waals surface area contributed by atoms with Crippen LogP contribution in [0.15, 0.2) is 18.3 Å². The van der Waals surface area contributed by atoms with Gasteiger partial charge in [-0.3, -0.25) is 4.90 Å². The van der Waals surface area contributed by atoms with Gasteiger partial charge in [0.1, 0.15) is 5.82 Å². The minimum absolute atomic E-state index is 0.412. The quantitative estimate of drug-likeness (QED) is 0.769. The number of ether oxygens (including phenoxy) is 1. The zero-order chi connectivity index (χ0) is 13.4. The maximum absolute atomic E-state index is 5.17. The van der Waals surface area contributed by atoms with E-state index in [-0.39, 0.29) is 0 Å². The van der Waals surface area contributed by atoms with E-state index >= 15 is 0 Å². The number of nitrogens with zero attached hydrogens (tertiary/aromatic N) is 2. The number of aromatic nitrogens is 1. The molecule has 0 amide bonds. The Hall–Kier alpha value is -1.13. The highest BCUT2D eigenvalue weighted by Gasteiger charge is 2.09. The molecule has 0 saturated carbocycles. The van der Waals surface area contributed by atoms with Crippen LogP contribution in [0.2, 0.25) is 0 Å². The summed E-state index contributed by atoms with van der Waals surface area (Å²) in [5.74, 6) is 0.960. The molecule has 4 heteroatoms. The van der Waals surface area contributed by atoms with E-state index < -0.39 is 0 Å². The van der Waals surface area contributed by atoms with Crippen molar-refractivity contribution in [1.82, 2.24) is 9.88 Å². The Kier molecular flexibility index (Phi) is 6.68. The zero-order valence-electron chi connectivity index (χ0n) is 11.9. The predicted molar refractivity (Wildman–Crippen MR) is 75.8 cm³/mol. The summed E-state index contributed by atoms with van der Waals surface area (Å²) >= 11 is 0. The summed E-state index contributed by atoms with van der Waals surface area (Å²) in [6.45, 7) is 6.95. The second kappa shape index (κ2) is 8.06. The summed E-state index contributed by atoms with van der Waals surface area (Å²) in [5, 5.41) is 3.31. The normalized spacial score (nSPS) is 12.7. The minimum atomic E-state index is 0.412. The van der Waals surface area contributed by atoms with Crippen LogP contribution in [0.1, 0.15) is 25.8 Å². The molecule has 18 heavy (non-hydrogen) atoms. The number of rotatable bonds is 8. The molecule has 0 radical (unpaired) electrons. The Morgan fingerprint density at radius 2 is 2.28 bits per heavy atom. The molecule has 1 rings (SSSR count). The third-order valence-electron chi connectivity index (χ3n) is 2.97. The topological polar surface area (TPSA) is 37.4 Å². The van der Waals surface area contributed by atoms with E-state index in [1.54, 1.807) is 7.11 Å². The van der Waals surface area contributed by atoms with Crippen molar-refractivity contribution < 1.29 is 4.74 Å². The van der Waals surface area contributed by atoms with Crippen molar-refractivity contribution in [2.45, 2.75) is 32.9 Å². The van der Waals surface area contributed by atoms with Crippen molar-refractivity contribution in [1.29, 1.82) is 0 Å². The van der Waals surface area contributed by atoms with E-state index in [9.17, 15) is 0 Å². The number of hydrogen-bond acceptors (Lipinski definition) is 4. The first-order valence-electron chi connectivity index (χ1n) is 6.55. The summed E-state index contributed by atoms with van der Waals surface area (Å²) in [5.41, 5.74) is 1.27. The van der Waals surface area contributed by atoms with Gasteiger partial charge in [-0.15, -0.1) is 0 Å². The van der Waals surface area contributed by atoms with Gasteiger partial charge in [-0.1, -0.05) is 6.92 Å². The van der Waals surface area contributed by atoms with Gasteiger partial charge in [0.15, 0.2) is 0 Å². The van der Waals surface area contributed by atoms with E-state index in [4.69, 9.17) is 4.74 Å². The van der Waals surface area contributed by atoms with Gasteiger partial charge in [-0.25, -0.2) is 4.98 Å². The highest BCUT2D eigenvalue weighted by molar-refractivity contribution is 5.37. The molecular weight excluding hydrogens is 226 g/mol. The fraction of sp³-hybridized carbons (Fsp3) is 0.643. The maximum atomic E-state index is 5.17. The van der Waals surface area contributed by atoms with Gasteiger partial charge in [-0.2, -0.15) is 0 Å². The Morgan fingerprint density at radius 3 is 2.94 bits per heavy atom. The zero-order valence-corrected chi connectivity index (χ0v) is 11.9. The molecule has 1 aromatic heterocycles. The minimum Gasteiger partial charge on any atom is -0.383 e. The molecule has 0 aliphatic heterocycles. The lowest BCUT2D eigenvalue weighted by molar-refractivity contribution is 0.112. The summed E-state index contributed by atoms with van der Waals surface area (Å²) < 4.78 is 5.17. The Balaban J connectivity index is 2.55. The summed E-state index contributed by atoms with van der Waals surface area (Å²) in [6.07, 6.45) is 2.97. The molecule has 0 aliphatic carbocycles. The van der Waals surface area contributed by atoms with Gasteiger partial charge in [-0.05, 0) is 38.1 Å². The van der Waals surface area contributed by atoms with Crippen molar-refractivity contribution in [2.24, 2.45) is 0 Å². The number of anilines is 1. The molecule has 0 aromatic carbocycles. The van der Waals surface area contributed by atoms with Crippen molar-refractivity contribution >= 4 is 5.82 Å². The standard InChI is InChI=1S/C14H25N3O/c1-5-7-15-14-9-13(6-8-16-14)10-17(3)12(2)11-18-4/h6,8-9,12H,5,7,10-11H2,1-4H3,(H,15,16). The summed E-state index contributed by atoms with van der Waals surface area (Å²) in [7, 11) is 3.85.